The van der Waals surface area contributed by atoms with Gasteiger partial charge in [-0.15, -0.1) is 0 Å². The summed E-state index contributed by atoms with van der Waals surface area (Å²) in [6.07, 6.45) is 0. The summed E-state index contributed by atoms with van der Waals surface area (Å²) in [5.74, 6) is 0.183. The van der Waals surface area contributed by atoms with Crippen molar-refractivity contribution in [1.29, 1.82) is 0 Å². The van der Waals surface area contributed by atoms with Crippen molar-refractivity contribution in [2.45, 2.75) is 5.92 Å². The minimum Gasteiger partial charge on any atom is -0.0622 e. The summed E-state index contributed by atoms with van der Waals surface area (Å²) in [5.41, 5.74) is 11.9. The fourth-order valence-electron chi connectivity index (χ4n) is 5.21. The molecule has 6 rings (SSSR count). The third kappa shape index (κ3) is 3.41. The molecule has 0 heteroatoms. The molecule has 0 aliphatic heterocycles. The second kappa shape index (κ2) is 8.41. The molecule has 0 aromatic heterocycles. The number of hydrogen-bond acceptors (Lipinski definition) is 0. The molecule has 0 nitrogen and oxygen atoms in total. The molecular formula is C33H24. The Bertz CT molecular complexity index is 1410. The van der Waals surface area contributed by atoms with Gasteiger partial charge in [-0.05, 0) is 50.1 Å². The maximum atomic E-state index is 2.32. The van der Waals surface area contributed by atoms with Gasteiger partial charge in [-0.2, -0.15) is 0 Å². The molecule has 1 aliphatic carbocycles. The van der Waals surface area contributed by atoms with Crippen LogP contribution in [-0.4, -0.2) is 0 Å². The van der Waals surface area contributed by atoms with Gasteiger partial charge in [0.15, 0.2) is 0 Å². The van der Waals surface area contributed by atoms with Crippen molar-refractivity contribution >= 4 is 11.1 Å². The molecule has 5 aromatic carbocycles. The highest BCUT2D eigenvalue weighted by Crippen LogP contribution is 2.54. The Morgan fingerprint density at radius 1 is 0.394 bits per heavy atom. The molecule has 1 aliphatic rings. The zero-order valence-corrected chi connectivity index (χ0v) is 18.4. The lowest BCUT2D eigenvalue weighted by atomic mass is 9.84. The smallest absolute Gasteiger partial charge is 0.0358 e. The number of allylic oxidation sites excluding steroid dienone is 1. The average Bonchev–Trinajstić information content (AvgIpc) is 3.26. The lowest BCUT2D eigenvalue weighted by Gasteiger charge is -2.18. The largest absolute Gasteiger partial charge is 0.0622 e. The van der Waals surface area contributed by atoms with Gasteiger partial charge in [0, 0.05) is 5.92 Å². The Kier molecular flexibility index (Phi) is 4.97. The van der Waals surface area contributed by atoms with Gasteiger partial charge in [0.1, 0.15) is 0 Å². The summed E-state index contributed by atoms with van der Waals surface area (Å²) < 4.78 is 0. The van der Waals surface area contributed by atoms with Gasteiger partial charge in [0.2, 0.25) is 0 Å². The predicted molar refractivity (Wildman–Crippen MR) is 139 cm³/mol. The zero-order valence-electron chi connectivity index (χ0n) is 18.4. The quantitative estimate of drug-likeness (QED) is 0.273. The van der Waals surface area contributed by atoms with Crippen molar-refractivity contribution in [3.8, 4) is 11.1 Å². The molecule has 0 saturated heterocycles. The van der Waals surface area contributed by atoms with Gasteiger partial charge < -0.3 is 0 Å². The molecule has 33 heavy (non-hydrogen) atoms. The first-order valence-electron chi connectivity index (χ1n) is 11.5. The van der Waals surface area contributed by atoms with Crippen LogP contribution in [-0.2, 0) is 0 Å². The second-order valence-electron chi connectivity index (χ2n) is 8.50. The maximum absolute atomic E-state index is 2.32. The van der Waals surface area contributed by atoms with Crippen LogP contribution in [0.2, 0.25) is 0 Å². The molecule has 0 bridgehead atoms. The zero-order chi connectivity index (χ0) is 22.0. The molecule has 1 unspecified atom stereocenters. The first-order valence-corrected chi connectivity index (χ1v) is 11.5. The van der Waals surface area contributed by atoms with Crippen molar-refractivity contribution in [3.05, 3.63) is 167 Å². The van der Waals surface area contributed by atoms with Crippen LogP contribution in [0.3, 0.4) is 0 Å². The van der Waals surface area contributed by atoms with E-state index in [-0.39, 0.29) is 5.92 Å². The fourth-order valence-corrected chi connectivity index (χ4v) is 5.21. The van der Waals surface area contributed by atoms with E-state index in [1.807, 2.05) is 0 Å². The lowest BCUT2D eigenvalue weighted by Crippen LogP contribution is -2.01. The normalized spacial score (nSPS) is 14.8. The molecule has 5 aromatic rings. The maximum Gasteiger partial charge on any atom is 0.0358 e. The fraction of sp³-hybridized carbons (Fsp3) is 0.0303. The Morgan fingerprint density at radius 2 is 0.909 bits per heavy atom. The Labute approximate surface area is 195 Å². The topological polar surface area (TPSA) is 0 Å². The van der Waals surface area contributed by atoms with E-state index in [9.17, 15) is 0 Å². The average molecular weight is 421 g/mol. The van der Waals surface area contributed by atoms with Gasteiger partial charge in [-0.1, -0.05) is 140 Å². The van der Waals surface area contributed by atoms with Crippen LogP contribution < -0.4 is 0 Å². The van der Waals surface area contributed by atoms with Crippen molar-refractivity contribution in [2.24, 2.45) is 0 Å². The van der Waals surface area contributed by atoms with Gasteiger partial charge in [0.25, 0.3) is 0 Å². The van der Waals surface area contributed by atoms with Crippen LogP contribution in [0, 0.1) is 0 Å². The van der Waals surface area contributed by atoms with Crippen LogP contribution in [0.5, 0.6) is 0 Å². The third-order valence-electron chi connectivity index (χ3n) is 6.58. The van der Waals surface area contributed by atoms with Crippen molar-refractivity contribution in [2.75, 3.05) is 0 Å². The van der Waals surface area contributed by atoms with E-state index in [1.165, 1.54) is 50.1 Å². The standard InChI is InChI=1S/C33H24/c1-5-14-24(15-6-1)28-22-13-23-29-30(25-16-7-2-8-17-25)31(26-18-9-3-10-19-26)32(33(28)29)27-20-11-4-12-21-27/h1-23,30H. The van der Waals surface area contributed by atoms with E-state index in [1.54, 1.807) is 0 Å². The van der Waals surface area contributed by atoms with Crippen molar-refractivity contribution < 1.29 is 0 Å². The molecule has 0 radical (unpaired) electrons. The molecule has 0 amide bonds. The first kappa shape index (κ1) is 19.5. The van der Waals surface area contributed by atoms with E-state index in [4.69, 9.17) is 0 Å². The molecule has 1 atom stereocenters. The second-order valence-corrected chi connectivity index (χ2v) is 8.50. The summed E-state index contributed by atoms with van der Waals surface area (Å²) >= 11 is 0. The third-order valence-corrected chi connectivity index (χ3v) is 6.58. The highest BCUT2D eigenvalue weighted by molar-refractivity contribution is 6.10. The highest BCUT2D eigenvalue weighted by atomic mass is 14.4. The molecule has 156 valence electrons. The molecule has 0 heterocycles. The summed E-state index contributed by atoms with van der Waals surface area (Å²) in [4.78, 5) is 0. The van der Waals surface area contributed by atoms with E-state index in [0.29, 0.717) is 0 Å². The monoisotopic (exact) mass is 420 g/mol. The number of hydrogen-bond donors (Lipinski definition) is 0. The van der Waals surface area contributed by atoms with Crippen molar-refractivity contribution in [1.82, 2.24) is 0 Å². The minimum atomic E-state index is 0.183. The van der Waals surface area contributed by atoms with Crippen LogP contribution in [0.15, 0.2) is 140 Å². The first-order chi connectivity index (χ1) is 16.4. The molecule has 0 spiro atoms. The van der Waals surface area contributed by atoms with E-state index < -0.39 is 0 Å². The Balaban J connectivity index is 1.74. The Morgan fingerprint density at radius 3 is 1.52 bits per heavy atom. The minimum absolute atomic E-state index is 0.183. The van der Waals surface area contributed by atoms with Crippen molar-refractivity contribution in [3.63, 3.8) is 0 Å². The molecule has 0 saturated carbocycles. The van der Waals surface area contributed by atoms with Crippen LogP contribution in [0.4, 0.5) is 0 Å². The summed E-state index contributed by atoms with van der Waals surface area (Å²) in [7, 11) is 0. The molecule has 0 fully saturated rings. The summed E-state index contributed by atoms with van der Waals surface area (Å²) in [6.45, 7) is 0. The van der Waals surface area contributed by atoms with Crippen LogP contribution in [0.1, 0.15) is 33.7 Å². The van der Waals surface area contributed by atoms with E-state index >= 15 is 0 Å². The van der Waals surface area contributed by atoms with Gasteiger partial charge >= 0.3 is 0 Å². The molecule has 0 N–H and O–H groups in total. The summed E-state index contributed by atoms with van der Waals surface area (Å²) in [6, 6.07) is 50.3. The van der Waals surface area contributed by atoms with Crippen LogP contribution in [0.25, 0.3) is 22.3 Å². The van der Waals surface area contributed by atoms with E-state index in [0.717, 1.165) is 0 Å². The Hall–Kier alpha value is -4.16. The van der Waals surface area contributed by atoms with E-state index in [2.05, 4.69) is 140 Å². The highest BCUT2D eigenvalue weighted by Gasteiger charge is 2.35. The predicted octanol–water partition coefficient (Wildman–Crippen LogP) is 8.46. The van der Waals surface area contributed by atoms with Gasteiger partial charge in [-0.3, -0.25) is 0 Å². The number of fused-ring (bicyclic) bond motifs is 1. The SMILES string of the molecule is c1ccc(C2=C(c3ccccc3)C(c3ccccc3)c3cccc(-c4ccccc4)c32)cc1. The van der Waals surface area contributed by atoms with Gasteiger partial charge in [-0.25, -0.2) is 0 Å². The lowest BCUT2D eigenvalue weighted by molar-refractivity contribution is 1.07. The van der Waals surface area contributed by atoms with Gasteiger partial charge in [0.05, 0.1) is 0 Å². The number of benzene rings is 5. The molecular weight excluding hydrogens is 396 g/mol. The number of rotatable bonds is 4. The summed E-state index contributed by atoms with van der Waals surface area (Å²) in [5, 5.41) is 0. The van der Waals surface area contributed by atoms with Crippen LogP contribution >= 0.6 is 0 Å².